The minimum Gasteiger partial charge on any atom is -0.137 e. The summed E-state index contributed by atoms with van der Waals surface area (Å²) in [6, 6.07) is 9.73. The molecule has 1 aliphatic rings. The molecule has 1 saturated carbocycles. The van der Waals surface area contributed by atoms with Gasteiger partial charge in [-0.25, -0.2) is 0 Å². The highest BCUT2D eigenvalue weighted by molar-refractivity contribution is 6.32. The van der Waals surface area contributed by atoms with Gasteiger partial charge >= 0.3 is 0 Å². The first-order valence-electron chi connectivity index (χ1n) is 5.59. The van der Waals surface area contributed by atoms with E-state index in [4.69, 9.17) is 34.8 Å². The molecule has 1 fully saturated rings. The molecule has 3 rings (SSSR count). The molecule has 1 aromatic heterocycles. The van der Waals surface area contributed by atoms with E-state index in [0.29, 0.717) is 22.1 Å². The van der Waals surface area contributed by atoms with E-state index in [1.54, 1.807) is 6.07 Å². The fourth-order valence-corrected chi connectivity index (χ4v) is 2.76. The summed E-state index contributed by atoms with van der Waals surface area (Å²) in [7, 11) is 0. The molecule has 0 bridgehead atoms. The van der Waals surface area contributed by atoms with Crippen LogP contribution in [0.1, 0.15) is 29.4 Å². The zero-order valence-corrected chi connectivity index (χ0v) is 11.5. The lowest BCUT2D eigenvalue weighted by molar-refractivity contribution is 0.955. The Balaban J connectivity index is 1.85. The van der Waals surface area contributed by atoms with Gasteiger partial charge in [-0.05, 0) is 47.6 Å². The highest BCUT2D eigenvalue weighted by atomic mass is 35.5. The molecule has 0 N–H and O–H groups in total. The molecule has 92 valence electrons. The van der Waals surface area contributed by atoms with E-state index >= 15 is 0 Å². The van der Waals surface area contributed by atoms with Crippen molar-refractivity contribution in [1.29, 1.82) is 0 Å². The van der Waals surface area contributed by atoms with Crippen LogP contribution in [-0.4, -0.2) is 10.2 Å². The Bertz CT molecular complexity index is 583. The van der Waals surface area contributed by atoms with Crippen LogP contribution >= 0.6 is 34.8 Å². The minimum absolute atomic E-state index is 0.381. The average molecular weight is 300 g/mol. The third kappa shape index (κ3) is 2.33. The summed E-state index contributed by atoms with van der Waals surface area (Å²) in [6.07, 6.45) is 1.06. The van der Waals surface area contributed by atoms with Gasteiger partial charge in [-0.2, -0.15) is 0 Å². The predicted molar refractivity (Wildman–Crippen MR) is 73.6 cm³/mol. The van der Waals surface area contributed by atoms with Gasteiger partial charge in [-0.3, -0.25) is 0 Å². The SMILES string of the molecule is Clc1ccc(C2CC2c2cc(Cl)nnc2Cl)cc1. The highest BCUT2D eigenvalue weighted by Crippen LogP contribution is 2.56. The van der Waals surface area contributed by atoms with Gasteiger partial charge in [0.1, 0.15) is 0 Å². The average Bonchev–Trinajstić information content (AvgIpc) is 3.13. The van der Waals surface area contributed by atoms with E-state index < -0.39 is 0 Å². The van der Waals surface area contributed by atoms with Crippen molar-refractivity contribution in [2.45, 2.75) is 18.3 Å². The van der Waals surface area contributed by atoms with E-state index in [1.807, 2.05) is 12.1 Å². The molecule has 2 aromatic rings. The van der Waals surface area contributed by atoms with Crippen LogP contribution in [0.15, 0.2) is 30.3 Å². The Morgan fingerprint density at radius 2 is 1.67 bits per heavy atom. The largest absolute Gasteiger partial charge is 0.155 e. The van der Waals surface area contributed by atoms with Crippen molar-refractivity contribution in [2.24, 2.45) is 0 Å². The van der Waals surface area contributed by atoms with Crippen molar-refractivity contribution < 1.29 is 0 Å². The number of aromatic nitrogens is 2. The van der Waals surface area contributed by atoms with Crippen molar-refractivity contribution in [1.82, 2.24) is 10.2 Å². The molecule has 0 radical (unpaired) electrons. The standard InChI is InChI=1S/C13H9Cl3N2/c14-8-3-1-7(2-4-8)9-5-10(9)11-6-12(15)17-18-13(11)16/h1-4,6,9-10H,5H2. The monoisotopic (exact) mass is 298 g/mol. The molecule has 0 spiro atoms. The maximum absolute atomic E-state index is 6.06. The van der Waals surface area contributed by atoms with Crippen molar-refractivity contribution >= 4 is 34.8 Å². The molecule has 2 unspecified atom stereocenters. The number of nitrogens with zero attached hydrogens (tertiary/aromatic N) is 2. The molecule has 2 atom stereocenters. The van der Waals surface area contributed by atoms with Gasteiger partial charge in [-0.1, -0.05) is 46.9 Å². The van der Waals surface area contributed by atoms with Gasteiger partial charge in [0, 0.05) is 5.02 Å². The maximum atomic E-state index is 6.06. The molecule has 18 heavy (non-hydrogen) atoms. The van der Waals surface area contributed by atoms with Gasteiger partial charge in [-0.15, -0.1) is 10.2 Å². The second-order valence-electron chi connectivity index (χ2n) is 4.41. The number of hydrogen-bond donors (Lipinski definition) is 0. The molecular weight excluding hydrogens is 291 g/mol. The lowest BCUT2D eigenvalue weighted by Crippen LogP contribution is -1.91. The van der Waals surface area contributed by atoms with Crippen molar-refractivity contribution in [3.63, 3.8) is 0 Å². The Hall–Kier alpha value is -0.830. The lowest BCUT2D eigenvalue weighted by atomic mass is 10.1. The Morgan fingerprint density at radius 3 is 2.39 bits per heavy atom. The number of rotatable bonds is 2. The summed E-state index contributed by atoms with van der Waals surface area (Å²) < 4.78 is 0. The summed E-state index contributed by atoms with van der Waals surface area (Å²) >= 11 is 17.8. The Labute approximate surface area is 120 Å². The molecule has 0 saturated heterocycles. The predicted octanol–water partition coefficient (Wildman–Crippen LogP) is 4.71. The summed E-state index contributed by atoms with van der Waals surface area (Å²) in [6.45, 7) is 0. The lowest BCUT2D eigenvalue weighted by Gasteiger charge is -2.03. The summed E-state index contributed by atoms with van der Waals surface area (Å²) in [5.74, 6) is 0.853. The Kier molecular flexibility index (Phi) is 3.18. The van der Waals surface area contributed by atoms with Gasteiger partial charge in [0.05, 0.1) is 0 Å². The fraction of sp³-hybridized carbons (Fsp3) is 0.231. The summed E-state index contributed by atoms with van der Waals surface area (Å²) in [5, 5.41) is 9.15. The first-order chi connectivity index (χ1) is 8.65. The zero-order chi connectivity index (χ0) is 12.7. The molecule has 1 heterocycles. The van der Waals surface area contributed by atoms with Gasteiger partial charge in [0.25, 0.3) is 0 Å². The third-order valence-electron chi connectivity index (χ3n) is 3.23. The van der Waals surface area contributed by atoms with Gasteiger partial charge in [0.2, 0.25) is 0 Å². The topological polar surface area (TPSA) is 25.8 Å². The van der Waals surface area contributed by atoms with Crippen molar-refractivity contribution in [2.75, 3.05) is 0 Å². The number of benzene rings is 1. The Morgan fingerprint density at radius 1 is 0.944 bits per heavy atom. The summed E-state index contributed by atoms with van der Waals surface area (Å²) in [5.41, 5.74) is 2.25. The van der Waals surface area contributed by atoms with E-state index in [0.717, 1.165) is 17.0 Å². The first kappa shape index (κ1) is 12.2. The molecule has 1 aromatic carbocycles. The molecular formula is C13H9Cl3N2. The molecule has 5 heteroatoms. The van der Waals surface area contributed by atoms with Crippen molar-refractivity contribution in [3.05, 3.63) is 56.8 Å². The van der Waals surface area contributed by atoms with Gasteiger partial charge in [0.15, 0.2) is 10.3 Å². The molecule has 0 amide bonds. The van der Waals surface area contributed by atoms with E-state index in [2.05, 4.69) is 22.3 Å². The second-order valence-corrected chi connectivity index (χ2v) is 5.60. The minimum atomic E-state index is 0.381. The quantitative estimate of drug-likeness (QED) is 0.802. The van der Waals surface area contributed by atoms with Crippen LogP contribution in [0, 0.1) is 0 Å². The normalized spacial score (nSPS) is 21.9. The number of hydrogen-bond acceptors (Lipinski definition) is 2. The van der Waals surface area contributed by atoms with Crippen LogP contribution in [-0.2, 0) is 0 Å². The van der Waals surface area contributed by atoms with E-state index in [-0.39, 0.29) is 0 Å². The smallest absolute Gasteiger partial charge is 0.137 e. The van der Waals surface area contributed by atoms with E-state index in [1.165, 1.54) is 5.56 Å². The van der Waals surface area contributed by atoms with Gasteiger partial charge < -0.3 is 0 Å². The zero-order valence-electron chi connectivity index (χ0n) is 9.28. The van der Waals surface area contributed by atoms with E-state index in [9.17, 15) is 0 Å². The third-order valence-corrected chi connectivity index (χ3v) is 3.96. The maximum Gasteiger partial charge on any atom is 0.155 e. The summed E-state index contributed by atoms with van der Waals surface area (Å²) in [4.78, 5) is 0. The van der Waals surface area contributed by atoms with Crippen LogP contribution < -0.4 is 0 Å². The molecule has 0 aliphatic heterocycles. The fourth-order valence-electron chi connectivity index (χ4n) is 2.24. The van der Waals surface area contributed by atoms with Crippen molar-refractivity contribution in [3.8, 4) is 0 Å². The van der Waals surface area contributed by atoms with Crippen LogP contribution in [0.3, 0.4) is 0 Å². The van der Waals surface area contributed by atoms with Crippen LogP contribution in [0.4, 0.5) is 0 Å². The second kappa shape index (κ2) is 4.69. The highest BCUT2D eigenvalue weighted by Gasteiger charge is 2.41. The van der Waals surface area contributed by atoms with Crippen LogP contribution in [0.25, 0.3) is 0 Å². The van der Waals surface area contributed by atoms with Crippen LogP contribution in [0.2, 0.25) is 15.3 Å². The molecule has 1 aliphatic carbocycles. The number of halogens is 3. The first-order valence-corrected chi connectivity index (χ1v) is 6.72. The molecule has 2 nitrogen and oxygen atoms in total. The van der Waals surface area contributed by atoms with Crippen LogP contribution in [0.5, 0.6) is 0 Å².